The minimum absolute atomic E-state index is 0.0455. The van der Waals surface area contributed by atoms with Crippen LogP contribution in [0.4, 0.5) is 5.69 Å². The van der Waals surface area contributed by atoms with Crippen molar-refractivity contribution in [2.75, 3.05) is 32.0 Å². The lowest BCUT2D eigenvalue weighted by Gasteiger charge is -2.30. The molecule has 2 aliphatic rings. The Balaban J connectivity index is 1.32. The number of aryl methyl sites for hydroxylation is 1. The number of carbonyl (C=O) groups excluding carboxylic acids is 4. The van der Waals surface area contributed by atoms with Gasteiger partial charge in [0.15, 0.2) is 0 Å². The molecule has 44 heavy (non-hydrogen) atoms. The SMILES string of the molecule is CNCC(=O)N1C[C@H](N)C[C@H]1C(=O)N1C[C@H](NC(=O)C(O)CCc2ccccc2)C[C@H]1C(=O)Nc1cnc2ccccc2c1. The largest absolute Gasteiger partial charge is 0.383 e. The lowest BCUT2D eigenvalue weighted by Crippen LogP contribution is -2.53. The molecule has 6 N–H and O–H groups in total. The summed E-state index contributed by atoms with van der Waals surface area (Å²) in [5.74, 6) is -1.66. The monoisotopic (exact) mass is 601 g/mol. The first-order valence-electron chi connectivity index (χ1n) is 14.9. The van der Waals surface area contributed by atoms with Gasteiger partial charge in [-0.05, 0) is 50.4 Å². The summed E-state index contributed by atoms with van der Waals surface area (Å²) in [4.78, 5) is 60.7. The number of carbonyl (C=O) groups is 4. The van der Waals surface area contributed by atoms with Crippen molar-refractivity contribution in [3.05, 3.63) is 72.4 Å². The second-order valence-corrected chi connectivity index (χ2v) is 11.5. The molecular formula is C32H39N7O5. The number of benzene rings is 2. The van der Waals surface area contributed by atoms with Gasteiger partial charge < -0.3 is 36.6 Å². The average molecular weight is 602 g/mol. The Morgan fingerprint density at radius 1 is 1.00 bits per heavy atom. The number of aliphatic hydroxyl groups is 1. The summed E-state index contributed by atoms with van der Waals surface area (Å²) in [7, 11) is 1.65. The maximum absolute atomic E-state index is 14.0. The molecule has 12 heteroatoms. The Labute approximate surface area is 256 Å². The van der Waals surface area contributed by atoms with Crippen LogP contribution in [0, 0.1) is 0 Å². The highest BCUT2D eigenvalue weighted by atomic mass is 16.3. The Morgan fingerprint density at radius 3 is 2.52 bits per heavy atom. The van der Waals surface area contributed by atoms with Crippen molar-refractivity contribution in [2.45, 2.75) is 56.0 Å². The molecule has 4 amide bonds. The van der Waals surface area contributed by atoms with Gasteiger partial charge in [-0.1, -0.05) is 48.5 Å². The zero-order valence-corrected chi connectivity index (χ0v) is 24.7. The number of aliphatic hydroxyl groups excluding tert-OH is 1. The summed E-state index contributed by atoms with van der Waals surface area (Å²) < 4.78 is 0. The fraction of sp³-hybridized carbons (Fsp3) is 0.406. The van der Waals surface area contributed by atoms with Gasteiger partial charge in [0.2, 0.25) is 23.6 Å². The Morgan fingerprint density at radius 2 is 1.75 bits per heavy atom. The fourth-order valence-electron chi connectivity index (χ4n) is 6.00. The second kappa shape index (κ2) is 13.9. The molecule has 1 unspecified atom stereocenters. The second-order valence-electron chi connectivity index (χ2n) is 11.5. The number of likely N-dealkylation sites (N-methyl/N-ethyl adjacent to an activating group) is 1. The number of hydrogen-bond donors (Lipinski definition) is 5. The smallest absolute Gasteiger partial charge is 0.249 e. The average Bonchev–Trinajstić information content (AvgIpc) is 3.64. The van der Waals surface area contributed by atoms with E-state index in [0.29, 0.717) is 12.1 Å². The number of aromatic nitrogens is 1. The molecule has 2 saturated heterocycles. The highest BCUT2D eigenvalue weighted by Gasteiger charge is 2.46. The van der Waals surface area contributed by atoms with Crippen molar-refractivity contribution in [1.29, 1.82) is 0 Å². The van der Waals surface area contributed by atoms with E-state index in [0.717, 1.165) is 16.5 Å². The number of nitrogens with zero attached hydrogens (tertiary/aromatic N) is 3. The minimum Gasteiger partial charge on any atom is -0.383 e. The number of fused-ring (bicyclic) bond motifs is 1. The zero-order valence-electron chi connectivity index (χ0n) is 24.7. The first kappa shape index (κ1) is 31.0. The van der Waals surface area contributed by atoms with Gasteiger partial charge in [0.25, 0.3) is 0 Å². The lowest BCUT2D eigenvalue weighted by molar-refractivity contribution is -0.145. The highest BCUT2D eigenvalue weighted by molar-refractivity contribution is 6.00. The third-order valence-corrected chi connectivity index (χ3v) is 8.21. The van der Waals surface area contributed by atoms with Gasteiger partial charge in [0.1, 0.15) is 18.2 Å². The van der Waals surface area contributed by atoms with Crippen molar-refractivity contribution in [3.63, 3.8) is 0 Å². The van der Waals surface area contributed by atoms with Crippen LogP contribution in [0.15, 0.2) is 66.9 Å². The quantitative estimate of drug-likeness (QED) is 0.222. The van der Waals surface area contributed by atoms with Gasteiger partial charge in [0.05, 0.1) is 23.9 Å². The van der Waals surface area contributed by atoms with Crippen LogP contribution >= 0.6 is 0 Å². The van der Waals surface area contributed by atoms with Crippen molar-refractivity contribution in [3.8, 4) is 0 Å². The molecule has 0 aliphatic carbocycles. The first-order chi connectivity index (χ1) is 21.2. The number of para-hydroxylation sites is 1. The maximum atomic E-state index is 14.0. The number of rotatable bonds is 10. The summed E-state index contributed by atoms with van der Waals surface area (Å²) in [5.41, 5.74) is 8.42. The van der Waals surface area contributed by atoms with Crippen molar-refractivity contribution in [1.82, 2.24) is 25.4 Å². The third kappa shape index (κ3) is 7.21. The van der Waals surface area contributed by atoms with Gasteiger partial charge in [-0.3, -0.25) is 24.2 Å². The molecule has 12 nitrogen and oxygen atoms in total. The van der Waals surface area contributed by atoms with Crippen molar-refractivity contribution in [2.24, 2.45) is 5.73 Å². The first-order valence-corrected chi connectivity index (χ1v) is 14.9. The summed E-state index contributed by atoms with van der Waals surface area (Å²) >= 11 is 0. The number of nitrogens with two attached hydrogens (primary N) is 1. The van der Waals surface area contributed by atoms with Crippen LogP contribution < -0.4 is 21.7 Å². The molecule has 2 aromatic carbocycles. The van der Waals surface area contributed by atoms with Crippen LogP contribution in [-0.2, 0) is 25.6 Å². The molecule has 5 rings (SSSR count). The third-order valence-electron chi connectivity index (χ3n) is 8.21. The normalized spacial score (nSPS) is 22.2. The molecule has 3 heterocycles. The Kier molecular flexibility index (Phi) is 9.83. The van der Waals surface area contributed by atoms with Gasteiger partial charge in [0, 0.05) is 30.6 Å². The maximum Gasteiger partial charge on any atom is 0.249 e. The van der Waals surface area contributed by atoms with Crippen LogP contribution in [0.5, 0.6) is 0 Å². The fourth-order valence-corrected chi connectivity index (χ4v) is 6.00. The van der Waals surface area contributed by atoms with Crippen LogP contribution in [0.25, 0.3) is 10.9 Å². The van der Waals surface area contributed by atoms with E-state index in [4.69, 9.17) is 5.73 Å². The van der Waals surface area contributed by atoms with E-state index in [1.54, 1.807) is 19.3 Å². The van der Waals surface area contributed by atoms with Gasteiger partial charge in [-0.25, -0.2) is 0 Å². The van der Waals surface area contributed by atoms with E-state index in [1.807, 2.05) is 54.6 Å². The molecule has 0 saturated carbocycles. The van der Waals surface area contributed by atoms with E-state index in [1.165, 1.54) is 9.80 Å². The minimum atomic E-state index is -1.25. The Hall–Kier alpha value is -4.39. The van der Waals surface area contributed by atoms with Crippen molar-refractivity contribution >= 4 is 40.2 Å². The number of anilines is 1. The number of nitrogens with one attached hydrogen (secondary N) is 3. The van der Waals surface area contributed by atoms with E-state index < -0.39 is 42.0 Å². The molecule has 1 aromatic heterocycles. The molecule has 0 spiro atoms. The standard InChI is InChI=1S/C32H39N7O5/c1-34-17-29(41)38-18-22(33)14-27(38)32(44)39-19-24(37-31(43)28(40)12-11-20-7-3-2-4-8-20)15-26(39)30(42)36-23-13-21-9-5-6-10-25(21)35-16-23/h2-10,13,16,22,24,26-28,34,40H,11-12,14-15,17-19,33H2,1H3,(H,36,42)(H,37,43)/t22-,24-,26+,27+,28?/m1/s1. The number of pyridine rings is 1. The summed E-state index contributed by atoms with van der Waals surface area (Å²) in [6.45, 7) is 0.330. The molecule has 5 atom stereocenters. The Bertz CT molecular complexity index is 1500. The lowest BCUT2D eigenvalue weighted by atomic mass is 10.1. The molecule has 3 aromatic rings. The zero-order chi connectivity index (χ0) is 31.2. The highest BCUT2D eigenvalue weighted by Crippen LogP contribution is 2.27. The van der Waals surface area contributed by atoms with Crippen molar-refractivity contribution < 1.29 is 24.3 Å². The van der Waals surface area contributed by atoms with E-state index >= 15 is 0 Å². The van der Waals surface area contributed by atoms with Gasteiger partial charge >= 0.3 is 0 Å². The topological polar surface area (TPSA) is 170 Å². The van der Waals surface area contributed by atoms with Gasteiger partial charge in [-0.15, -0.1) is 0 Å². The van der Waals surface area contributed by atoms with Crippen LogP contribution in [0.2, 0.25) is 0 Å². The number of amides is 4. The van der Waals surface area contributed by atoms with E-state index in [9.17, 15) is 24.3 Å². The molecular weight excluding hydrogens is 562 g/mol. The van der Waals surface area contributed by atoms with Gasteiger partial charge in [-0.2, -0.15) is 0 Å². The van der Waals surface area contributed by atoms with Crippen LogP contribution in [0.1, 0.15) is 24.8 Å². The molecule has 2 aliphatic heterocycles. The summed E-state index contributed by atoms with van der Waals surface area (Å²) in [6.07, 6.45) is 1.46. The number of hydrogen-bond acceptors (Lipinski definition) is 8. The molecule has 0 radical (unpaired) electrons. The predicted molar refractivity (Wildman–Crippen MR) is 165 cm³/mol. The summed E-state index contributed by atoms with van der Waals surface area (Å²) in [6, 6.07) is 16.2. The number of likely N-dealkylation sites (tertiary alicyclic amines) is 2. The predicted octanol–water partition coefficient (Wildman–Crippen LogP) is 0.400. The summed E-state index contributed by atoms with van der Waals surface area (Å²) in [5, 5.41) is 20.0. The van der Waals surface area contributed by atoms with E-state index in [-0.39, 0.29) is 50.8 Å². The molecule has 232 valence electrons. The van der Waals surface area contributed by atoms with Crippen LogP contribution in [-0.4, -0.2) is 100 Å². The van der Waals surface area contributed by atoms with E-state index in [2.05, 4.69) is 20.9 Å². The molecule has 2 fully saturated rings. The molecule has 0 bridgehead atoms. The van der Waals surface area contributed by atoms with Crippen LogP contribution in [0.3, 0.4) is 0 Å².